The molecule has 0 aliphatic rings. The van der Waals surface area contributed by atoms with Gasteiger partial charge in [0.05, 0.1) is 11.3 Å². The monoisotopic (exact) mass is 390 g/mol. The highest BCUT2D eigenvalue weighted by Gasteiger charge is 2.14. The number of amides is 1. The minimum Gasteiger partial charge on any atom is -0.411 e. The highest BCUT2D eigenvalue weighted by Crippen LogP contribution is 2.33. The van der Waals surface area contributed by atoms with Crippen molar-refractivity contribution in [2.75, 3.05) is 5.32 Å². The second-order valence-corrected chi connectivity index (χ2v) is 6.29. The molecule has 116 valence electrons. The summed E-state index contributed by atoms with van der Waals surface area (Å²) in [6.45, 7) is 1.44. The molecule has 1 amide bonds. The van der Waals surface area contributed by atoms with Crippen LogP contribution < -0.4 is 5.32 Å². The zero-order valence-electron chi connectivity index (χ0n) is 12.0. The van der Waals surface area contributed by atoms with Crippen molar-refractivity contribution in [1.82, 2.24) is 15.2 Å². The molecule has 8 heteroatoms. The third-order valence-corrected chi connectivity index (χ3v) is 4.33. The SMILES string of the molecule is CC(=O)Nc1cccnc1Sc1nnc(-c2ccccc2Br)o1. The number of aromatic nitrogens is 3. The smallest absolute Gasteiger partial charge is 0.283 e. The van der Waals surface area contributed by atoms with Crippen LogP contribution in [0, 0.1) is 0 Å². The van der Waals surface area contributed by atoms with Crippen LogP contribution in [0.2, 0.25) is 0 Å². The number of hydrogen-bond donors (Lipinski definition) is 1. The lowest BCUT2D eigenvalue weighted by Gasteiger charge is -2.05. The molecule has 3 aromatic rings. The highest BCUT2D eigenvalue weighted by atomic mass is 79.9. The van der Waals surface area contributed by atoms with Crippen molar-refractivity contribution in [3.8, 4) is 11.5 Å². The summed E-state index contributed by atoms with van der Waals surface area (Å²) in [6, 6.07) is 11.1. The molecule has 0 spiro atoms. The summed E-state index contributed by atoms with van der Waals surface area (Å²) < 4.78 is 6.54. The molecule has 6 nitrogen and oxygen atoms in total. The van der Waals surface area contributed by atoms with Gasteiger partial charge < -0.3 is 9.73 Å². The van der Waals surface area contributed by atoms with Gasteiger partial charge in [-0.15, -0.1) is 10.2 Å². The fourth-order valence-corrected chi connectivity index (χ4v) is 3.00. The third kappa shape index (κ3) is 3.77. The van der Waals surface area contributed by atoms with E-state index in [1.807, 2.05) is 24.3 Å². The van der Waals surface area contributed by atoms with Gasteiger partial charge in [0.15, 0.2) is 0 Å². The number of halogens is 1. The summed E-state index contributed by atoms with van der Waals surface area (Å²) in [4.78, 5) is 15.5. The Hall–Kier alpha value is -2.19. The average molecular weight is 391 g/mol. The molecule has 0 aliphatic heterocycles. The topological polar surface area (TPSA) is 80.9 Å². The largest absolute Gasteiger partial charge is 0.411 e. The highest BCUT2D eigenvalue weighted by molar-refractivity contribution is 9.10. The van der Waals surface area contributed by atoms with E-state index >= 15 is 0 Å². The van der Waals surface area contributed by atoms with Crippen molar-refractivity contribution in [3.63, 3.8) is 0 Å². The Bertz CT molecular complexity index is 853. The van der Waals surface area contributed by atoms with Gasteiger partial charge in [0.2, 0.25) is 11.8 Å². The van der Waals surface area contributed by atoms with Crippen molar-refractivity contribution in [2.24, 2.45) is 0 Å². The molecule has 1 N–H and O–H groups in total. The summed E-state index contributed by atoms with van der Waals surface area (Å²) in [5, 5.41) is 11.7. The molecule has 0 fully saturated rings. The Morgan fingerprint density at radius 2 is 2.04 bits per heavy atom. The average Bonchev–Trinajstić information content (AvgIpc) is 2.97. The lowest BCUT2D eigenvalue weighted by Crippen LogP contribution is -2.07. The van der Waals surface area contributed by atoms with E-state index in [2.05, 4.69) is 36.4 Å². The Morgan fingerprint density at radius 1 is 1.22 bits per heavy atom. The number of pyridine rings is 1. The predicted molar refractivity (Wildman–Crippen MR) is 90.1 cm³/mol. The molecule has 0 aliphatic carbocycles. The third-order valence-electron chi connectivity index (χ3n) is 2.78. The van der Waals surface area contributed by atoms with Crippen LogP contribution in [0.3, 0.4) is 0 Å². The summed E-state index contributed by atoms with van der Waals surface area (Å²) in [6.07, 6.45) is 1.64. The molecule has 0 bridgehead atoms. The fraction of sp³-hybridized carbons (Fsp3) is 0.0667. The summed E-state index contributed by atoms with van der Waals surface area (Å²) in [5.74, 6) is 0.247. The minimum absolute atomic E-state index is 0.167. The van der Waals surface area contributed by atoms with E-state index in [-0.39, 0.29) is 5.91 Å². The number of hydrogen-bond acceptors (Lipinski definition) is 6. The number of nitrogens with zero attached hydrogens (tertiary/aromatic N) is 3. The van der Waals surface area contributed by atoms with E-state index in [1.54, 1.807) is 18.3 Å². The van der Waals surface area contributed by atoms with Crippen LogP contribution in [0.15, 0.2) is 61.7 Å². The number of rotatable bonds is 4. The van der Waals surface area contributed by atoms with Crippen LogP contribution in [0.1, 0.15) is 6.92 Å². The molecule has 0 saturated carbocycles. The van der Waals surface area contributed by atoms with Gasteiger partial charge in [-0.25, -0.2) is 4.98 Å². The lowest BCUT2D eigenvalue weighted by molar-refractivity contribution is -0.114. The van der Waals surface area contributed by atoms with Crippen LogP contribution in [0.5, 0.6) is 0 Å². The van der Waals surface area contributed by atoms with E-state index in [1.165, 1.54) is 18.7 Å². The van der Waals surface area contributed by atoms with Crippen molar-refractivity contribution >= 4 is 39.3 Å². The normalized spacial score (nSPS) is 10.5. The predicted octanol–water partition coefficient (Wildman–Crippen LogP) is 4.00. The first kappa shape index (κ1) is 15.7. The molecule has 2 aromatic heterocycles. The van der Waals surface area contributed by atoms with Crippen molar-refractivity contribution < 1.29 is 9.21 Å². The summed E-state index contributed by atoms with van der Waals surface area (Å²) in [5.41, 5.74) is 1.42. The van der Waals surface area contributed by atoms with Crippen LogP contribution in [-0.4, -0.2) is 21.1 Å². The second-order valence-electron chi connectivity index (χ2n) is 4.49. The molecule has 23 heavy (non-hydrogen) atoms. The van der Waals surface area contributed by atoms with Crippen molar-refractivity contribution in [3.05, 3.63) is 47.1 Å². The Labute approximate surface area is 144 Å². The number of anilines is 1. The summed E-state index contributed by atoms with van der Waals surface area (Å²) >= 11 is 4.65. The van der Waals surface area contributed by atoms with Gasteiger partial charge in [-0.05, 0) is 52.0 Å². The first-order valence-electron chi connectivity index (χ1n) is 6.62. The van der Waals surface area contributed by atoms with Gasteiger partial charge in [-0.1, -0.05) is 12.1 Å². The molecular formula is C15H11BrN4O2S. The van der Waals surface area contributed by atoms with E-state index in [0.29, 0.717) is 21.8 Å². The molecule has 0 radical (unpaired) electrons. The Morgan fingerprint density at radius 3 is 2.83 bits per heavy atom. The first-order chi connectivity index (χ1) is 11.1. The quantitative estimate of drug-likeness (QED) is 0.724. The maximum atomic E-state index is 11.2. The van der Waals surface area contributed by atoms with Crippen LogP contribution in [0.4, 0.5) is 5.69 Å². The molecular weight excluding hydrogens is 380 g/mol. The van der Waals surface area contributed by atoms with Crippen LogP contribution in [-0.2, 0) is 4.79 Å². The van der Waals surface area contributed by atoms with Gasteiger partial charge in [-0.2, -0.15) is 0 Å². The zero-order valence-corrected chi connectivity index (χ0v) is 14.4. The zero-order chi connectivity index (χ0) is 16.2. The molecule has 0 saturated heterocycles. The van der Waals surface area contributed by atoms with Gasteiger partial charge in [0.25, 0.3) is 5.22 Å². The van der Waals surface area contributed by atoms with Crippen LogP contribution >= 0.6 is 27.7 Å². The van der Waals surface area contributed by atoms with Crippen molar-refractivity contribution in [1.29, 1.82) is 0 Å². The molecule has 3 rings (SSSR count). The second kappa shape index (κ2) is 6.93. The molecule has 0 atom stereocenters. The Balaban J connectivity index is 1.86. The van der Waals surface area contributed by atoms with Gasteiger partial charge in [-0.3, -0.25) is 4.79 Å². The van der Waals surface area contributed by atoms with E-state index in [9.17, 15) is 4.79 Å². The first-order valence-corrected chi connectivity index (χ1v) is 8.23. The maximum absolute atomic E-state index is 11.2. The maximum Gasteiger partial charge on any atom is 0.283 e. The van der Waals surface area contributed by atoms with Gasteiger partial charge in [0, 0.05) is 17.6 Å². The Kier molecular flexibility index (Phi) is 4.73. The summed E-state index contributed by atoms with van der Waals surface area (Å²) in [7, 11) is 0. The molecule has 0 unspecified atom stereocenters. The minimum atomic E-state index is -0.167. The molecule has 1 aromatic carbocycles. The standard InChI is InChI=1S/C15H11BrN4O2S/c1-9(21)18-12-7-4-8-17-14(12)23-15-20-19-13(22-15)10-5-2-3-6-11(10)16/h2-8H,1H3,(H,18,21). The van der Waals surface area contributed by atoms with E-state index in [0.717, 1.165) is 10.0 Å². The van der Waals surface area contributed by atoms with E-state index < -0.39 is 0 Å². The lowest BCUT2D eigenvalue weighted by atomic mass is 10.2. The number of nitrogens with one attached hydrogen (secondary N) is 1. The number of carbonyl (C=O) groups is 1. The number of benzene rings is 1. The van der Waals surface area contributed by atoms with E-state index in [4.69, 9.17) is 4.42 Å². The number of carbonyl (C=O) groups excluding carboxylic acids is 1. The van der Waals surface area contributed by atoms with Crippen LogP contribution in [0.25, 0.3) is 11.5 Å². The van der Waals surface area contributed by atoms with Crippen molar-refractivity contribution in [2.45, 2.75) is 17.2 Å². The van der Waals surface area contributed by atoms with Gasteiger partial charge >= 0.3 is 0 Å². The van der Waals surface area contributed by atoms with Gasteiger partial charge in [0.1, 0.15) is 5.03 Å². The molecule has 2 heterocycles. The fourth-order valence-electron chi connectivity index (χ4n) is 1.83.